The fourth-order valence-corrected chi connectivity index (χ4v) is 4.41. The number of aromatic nitrogens is 1. The van der Waals surface area contributed by atoms with Gasteiger partial charge in [-0.15, -0.1) is 24.0 Å². The van der Waals surface area contributed by atoms with E-state index in [1.807, 2.05) is 25.4 Å². The normalized spacial score (nSPS) is 20.3. The minimum atomic E-state index is -2.84. The summed E-state index contributed by atoms with van der Waals surface area (Å²) in [5, 5.41) is 3.35. The van der Waals surface area contributed by atoms with Gasteiger partial charge in [0.15, 0.2) is 15.8 Å². The zero-order valence-corrected chi connectivity index (χ0v) is 17.1. The van der Waals surface area contributed by atoms with Crippen LogP contribution in [0.2, 0.25) is 0 Å². The van der Waals surface area contributed by atoms with Crippen molar-refractivity contribution in [2.75, 3.05) is 25.1 Å². The van der Waals surface area contributed by atoms with Gasteiger partial charge in [0.25, 0.3) is 0 Å². The van der Waals surface area contributed by atoms with Crippen LogP contribution in [0.15, 0.2) is 23.3 Å². The van der Waals surface area contributed by atoms with Gasteiger partial charge in [0.05, 0.1) is 18.1 Å². The highest BCUT2D eigenvalue weighted by Crippen LogP contribution is 2.18. The summed E-state index contributed by atoms with van der Waals surface area (Å²) in [5.41, 5.74) is 1.12. The highest BCUT2D eigenvalue weighted by molar-refractivity contribution is 14.0. The van der Waals surface area contributed by atoms with Crippen LogP contribution in [0.5, 0.6) is 0 Å². The molecule has 23 heavy (non-hydrogen) atoms. The van der Waals surface area contributed by atoms with Crippen LogP contribution in [0, 0.1) is 5.92 Å². The van der Waals surface area contributed by atoms with Crippen molar-refractivity contribution in [2.45, 2.75) is 32.9 Å². The zero-order valence-electron chi connectivity index (χ0n) is 13.9. The third-order valence-electron chi connectivity index (χ3n) is 3.68. The van der Waals surface area contributed by atoms with Crippen molar-refractivity contribution in [3.8, 4) is 0 Å². The third-order valence-corrected chi connectivity index (χ3v) is 5.51. The van der Waals surface area contributed by atoms with Gasteiger partial charge in [0.1, 0.15) is 0 Å². The molecule has 8 heteroatoms. The van der Waals surface area contributed by atoms with Gasteiger partial charge < -0.3 is 15.2 Å². The van der Waals surface area contributed by atoms with Crippen molar-refractivity contribution in [2.24, 2.45) is 10.9 Å². The smallest absolute Gasteiger partial charge is 0.194 e. The number of hydrogen-bond acceptors (Lipinski definition) is 3. The molecule has 0 aliphatic carbocycles. The molecular formula is C15H27IN4O2S. The van der Waals surface area contributed by atoms with Gasteiger partial charge in [-0.25, -0.2) is 8.42 Å². The molecule has 1 saturated heterocycles. The van der Waals surface area contributed by atoms with E-state index in [0.717, 1.165) is 24.6 Å². The van der Waals surface area contributed by atoms with E-state index in [2.05, 4.69) is 34.0 Å². The summed E-state index contributed by atoms with van der Waals surface area (Å²) in [5.74, 6) is 1.53. The minimum absolute atomic E-state index is 0. The van der Waals surface area contributed by atoms with Crippen LogP contribution < -0.4 is 5.32 Å². The molecule has 1 fully saturated rings. The number of aromatic amines is 1. The van der Waals surface area contributed by atoms with Crippen molar-refractivity contribution >= 4 is 39.8 Å². The number of aliphatic imine (C=N–C) groups is 1. The molecule has 0 saturated carbocycles. The second-order valence-corrected chi connectivity index (χ2v) is 8.51. The molecule has 1 atom stereocenters. The molecule has 0 radical (unpaired) electrons. The van der Waals surface area contributed by atoms with Crippen LogP contribution in [-0.4, -0.2) is 55.4 Å². The Morgan fingerprint density at radius 3 is 2.78 bits per heavy atom. The number of hydrogen-bond donors (Lipinski definition) is 2. The molecule has 1 aromatic rings. The minimum Gasteiger partial charge on any atom is -0.364 e. The van der Waals surface area contributed by atoms with E-state index in [1.165, 1.54) is 0 Å². The first-order chi connectivity index (χ1) is 10.4. The molecule has 6 nitrogen and oxygen atoms in total. The summed E-state index contributed by atoms with van der Waals surface area (Å²) in [6, 6.07) is 4.28. The number of nitrogens with zero attached hydrogens (tertiary/aromatic N) is 2. The molecular weight excluding hydrogens is 427 g/mol. The Balaban J connectivity index is 0.00000264. The second-order valence-electron chi connectivity index (χ2n) is 6.28. The van der Waals surface area contributed by atoms with Crippen molar-refractivity contribution in [3.05, 3.63) is 24.0 Å². The fraction of sp³-hybridized carbons (Fsp3) is 0.667. The molecule has 0 spiro atoms. The lowest BCUT2D eigenvalue weighted by atomic mass is 10.1. The highest BCUT2D eigenvalue weighted by atomic mass is 127. The first-order valence-corrected chi connectivity index (χ1v) is 9.52. The zero-order chi connectivity index (χ0) is 16.2. The molecule has 2 N–H and O–H groups in total. The molecule has 1 aromatic heterocycles. The van der Waals surface area contributed by atoms with E-state index in [0.29, 0.717) is 12.3 Å². The van der Waals surface area contributed by atoms with Crippen LogP contribution in [-0.2, 0) is 16.4 Å². The molecule has 2 rings (SSSR count). The monoisotopic (exact) mass is 454 g/mol. The van der Waals surface area contributed by atoms with Gasteiger partial charge in [-0.2, -0.15) is 0 Å². The van der Waals surface area contributed by atoms with Crippen molar-refractivity contribution in [3.63, 3.8) is 0 Å². The highest BCUT2D eigenvalue weighted by Gasteiger charge is 2.27. The SMILES string of the molecule is CC(C)NC(=NCC1CCS(=O)(=O)C1)N(C)Cc1ccc[nH]1.I. The van der Waals surface area contributed by atoms with Crippen LogP contribution in [0.25, 0.3) is 0 Å². The number of sulfone groups is 1. The van der Waals surface area contributed by atoms with Gasteiger partial charge in [-0.1, -0.05) is 0 Å². The standard InChI is InChI=1S/C15H26N4O2S.HI/c1-12(2)18-15(19(3)10-14-5-4-7-16-14)17-9-13-6-8-22(20,21)11-13;/h4-5,7,12-13,16H,6,8-11H2,1-3H3,(H,17,18);1H. The van der Waals surface area contributed by atoms with Gasteiger partial charge in [0, 0.05) is 31.5 Å². The first-order valence-electron chi connectivity index (χ1n) is 7.70. The van der Waals surface area contributed by atoms with Crippen molar-refractivity contribution in [1.82, 2.24) is 15.2 Å². The van der Waals surface area contributed by atoms with Gasteiger partial charge in [0.2, 0.25) is 0 Å². The van der Waals surface area contributed by atoms with Crippen molar-refractivity contribution in [1.29, 1.82) is 0 Å². The maximum absolute atomic E-state index is 11.5. The van der Waals surface area contributed by atoms with E-state index < -0.39 is 9.84 Å². The van der Waals surface area contributed by atoms with Crippen LogP contribution in [0.1, 0.15) is 26.0 Å². The molecule has 1 unspecified atom stereocenters. The third kappa shape index (κ3) is 6.70. The van der Waals surface area contributed by atoms with E-state index in [4.69, 9.17) is 0 Å². The molecule has 0 aromatic carbocycles. The summed E-state index contributed by atoms with van der Waals surface area (Å²) in [4.78, 5) is 9.88. The van der Waals surface area contributed by atoms with Gasteiger partial charge in [-0.05, 0) is 38.3 Å². The quantitative estimate of drug-likeness (QED) is 0.405. The summed E-state index contributed by atoms with van der Waals surface area (Å²) >= 11 is 0. The number of H-pyrrole nitrogens is 1. The number of guanidine groups is 1. The fourth-order valence-electron chi connectivity index (χ4n) is 2.56. The second kappa shape index (κ2) is 8.91. The number of rotatable bonds is 5. The van der Waals surface area contributed by atoms with Gasteiger partial charge in [-0.3, -0.25) is 4.99 Å². The first kappa shape index (κ1) is 20.3. The maximum atomic E-state index is 11.5. The summed E-state index contributed by atoms with van der Waals surface area (Å²) in [6.45, 7) is 5.42. The lowest BCUT2D eigenvalue weighted by Gasteiger charge is -2.24. The Kier molecular flexibility index (Phi) is 7.85. The summed E-state index contributed by atoms with van der Waals surface area (Å²) < 4.78 is 23.1. The molecule has 1 aliphatic rings. The molecule has 2 heterocycles. The van der Waals surface area contributed by atoms with E-state index >= 15 is 0 Å². The topological polar surface area (TPSA) is 77.6 Å². The van der Waals surface area contributed by atoms with Crippen LogP contribution >= 0.6 is 24.0 Å². The Hall–Kier alpha value is -0.770. The van der Waals surface area contributed by atoms with Crippen molar-refractivity contribution < 1.29 is 8.42 Å². The Labute approximate surface area is 156 Å². The summed E-state index contributed by atoms with van der Waals surface area (Å²) in [6.07, 6.45) is 2.63. The van der Waals surface area contributed by atoms with Crippen LogP contribution in [0.3, 0.4) is 0 Å². The lowest BCUT2D eigenvalue weighted by Crippen LogP contribution is -2.42. The van der Waals surface area contributed by atoms with Crippen LogP contribution in [0.4, 0.5) is 0 Å². The molecule has 0 amide bonds. The average Bonchev–Trinajstić information content (AvgIpc) is 3.03. The maximum Gasteiger partial charge on any atom is 0.194 e. The lowest BCUT2D eigenvalue weighted by molar-refractivity contribution is 0.457. The Morgan fingerprint density at radius 2 is 2.26 bits per heavy atom. The van der Waals surface area contributed by atoms with E-state index in [1.54, 1.807) is 0 Å². The molecule has 132 valence electrons. The summed E-state index contributed by atoms with van der Waals surface area (Å²) in [7, 11) is -0.849. The van der Waals surface area contributed by atoms with Gasteiger partial charge >= 0.3 is 0 Å². The Bertz CT molecular complexity index is 599. The predicted molar refractivity (Wildman–Crippen MR) is 105 cm³/mol. The number of nitrogens with one attached hydrogen (secondary N) is 2. The number of halogens is 1. The average molecular weight is 454 g/mol. The molecule has 1 aliphatic heterocycles. The largest absolute Gasteiger partial charge is 0.364 e. The van der Waals surface area contributed by atoms with E-state index in [9.17, 15) is 8.42 Å². The molecule has 0 bridgehead atoms. The van der Waals surface area contributed by atoms with E-state index in [-0.39, 0.29) is 41.7 Å². The predicted octanol–water partition coefficient (Wildman–Crippen LogP) is 1.85. The Morgan fingerprint density at radius 1 is 1.52 bits per heavy atom.